The molecule has 0 aliphatic carbocycles. The first-order valence-electron chi connectivity index (χ1n) is 7.62. The molecule has 1 amide bonds. The number of aliphatic hydroxyl groups excluding tert-OH is 1. The SMILES string of the molecule is CC1CCC(CO)CN1C(=O)CC(C)(O)c1ccccc1. The Morgan fingerprint density at radius 1 is 1.33 bits per heavy atom. The number of likely N-dealkylation sites (tertiary alicyclic amines) is 1. The largest absolute Gasteiger partial charge is 0.396 e. The Hall–Kier alpha value is -1.39. The van der Waals surface area contributed by atoms with E-state index >= 15 is 0 Å². The van der Waals surface area contributed by atoms with Crippen molar-refractivity contribution < 1.29 is 15.0 Å². The van der Waals surface area contributed by atoms with Gasteiger partial charge in [-0.2, -0.15) is 0 Å². The first kappa shape index (κ1) is 16.0. The molecular formula is C17H25NO3. The Morgan fingerprint density at radius 2 is 2.00 bits per heavy atom. The number of hydrogen-bond acceptors (Lipinski definition) is 3. The predicted molar refractivity (Wildman–Crippen MR) is 81.6 cm³/mol. The van der Waals surface area contributed by atoms with Gasteiger partial charge in [-0.05, 0) is 38.2 Å². The van der Waals surface area contributed by atoms with Gasteiger partial charge in [0.25, 0.3) is 0 Å². The number of aliphatic hydroxyl groups is 2. The lowest BCUT2D eigenvalue weighted by molar-refractivity contribution is -0.141. The smallest absolute Gasteiger partial charge is 0.226 e. The second-order valence-corrected chi connectivity index (χ2v) is 6.34. The molecule has 1 aromatic rings. The second-order valence-electron chi connectivity index (χ2n) is 6.34. The van der Waals surface area contributed by atoms with Gasteiger partial charge in [0.2, 0.25) is 5.91 Å². The first-order valence-corrected chi connectivity index (χ1v) is 7.62. The van der Waals surface area contributed by atoms with E-state index in [0.717, 1.165) is 18.4 Å². The molecule has 1 aromatic carbocycles. The van der Waals surface area contributed by atoms with Crippen LogP contribution in [0.5, 0.6) is 0 Å². The molecule has 1 saturated heterocycles. The van der Waals surface area contributed by atoms with Crippen molar-refractivity contribution in [3.63, 3.8) is 0 Å². The van der Waals surface area contributed by atoms with Crippen molar-refractivity contribution in [2.24, 2.45) is 5.92 Å². The number of nitrogens with zero attached hydrogens (tertiary/aromatic N) is 1. The first-order chi connectivity index (χ1) is 9.94. The number of carbonyl (C=O) groups excluding carboxylic acids is 1. The zero-order valence-electron chi connectivity index (χ0n) is 12.8. The van der Waals surface area contributed by atoms with E-state index in [1.807, 2.05) is 42.2 Å². The molecule has 2 rings (SSSR count). The standard InChI is InChI=1S/C17H25NO3/c1-13-8-9-14(12-19)11-18(13)16(20)10-17(2,21)15-6-4-3-5-7-15/h3-7,13-14,19,21H,8-12H2,1-2H3. The molecule has 3 atom stereocenters. The van der Waals surface area contributed by atoms with Gasteiger partial charge in [-0.15, -0.1) is 0 Å². The summed E-state index contributed by atoms with van der Waals surface area (Å²) in [7, 11) is 0. The fourth-order valence-electron chi connectivity index (χ4n) is 2.97. The van der Waals surface area contributed by atoms with E-state index in [-0.39, 0.29) is 30.9 Å². The van der Waals surface area contributed by atoms with E-state index in [1.54, 1.807) is 6.92 Å². The average molecular weight is 291 g/mol. The number of carbonyl (C=O) groups is 1. The zero-order valence-corrected chi connectivity index (χ0v) is 12.8. The molecule has 1 fully saturated rings. The number of amides is 1. The lowest BCUT2D eigenvalue weighted by atomic mass is 9.89. The molecule has 4 heteroatoms. The van der Waals surface area contributed by atoms with Crippen LogP contribution in [-0.4, -0.2) is 40.2 Å². The van der Waals surface area contributed by atoms with Crippen molar-refractivity contribution in [1.82, 2.24) is 4.90 Å². The molecule has 4 nitrogen and oxygen atoms in total. The normalized spacial score (nSPS) is 25.4. The highest BCUT2D eigenvalue weighted by molar-refractivity contribution is 5.78. The molecule has 0 bridgehead atoms. The molecule has 0 radical (unpaired) electrons. The van der Waals surface area contributed by atoms with Crippen LogP contribution in [0.15, 0.2) is 30.3 Å². The number of piperidine rings is 1. The van der Waals surface area contributed by atoms with Gasteiger partial charge >= 0.3 is 0 Å². The van der Waals surface area contributed by atoms with E-state index in [4.69, 9.17) is 0 Å². The third kappa shape index (κ3) is 3.83. The van der Waals surface area contributed by atoms with Crippen LogP contribution in [0.25, 0.3) is 0 Å². The van der Waals surface area contributed by atoms with Crippen molar-refractivity contribution in [2.45, 2.75) is 44.8 Å². The van der Waals surface area contributed by atoms with Crippen LogP contribution >= 0.6 is 0 Å². The van der Waals surface area contributed by atoms with Crippen molar-refractivity contribution in [2.75, 3.05) is 13.2 Å². The highest BCUT2D eigenvalue weighted by Crippen LogP contribution is 2.28. The van der Waals surface area contributed by atoms with Crippen LogP contribution in [0.3, 0.4) is 0 Å². The quantitative estimate of drug-likeness (QED) is 0.891. The van der Waals surface area contributed by atoms with Gasteiger partial charge in [0.15, 0.2) is 0 Å². The van der Waals surface area contributed by atoms with Crippen LogP contribution in [0.2, 0.25) is 0 Å². The lowest BCUT2D eigenvalue weighted by Crippen LogP contribution is -2.48. The van der Waals surface area contributed by atoms with E-state index in [1.165, 1.54) is 0 Å². The fraction of sp³-hybridized carbons (Fsp3) is 0.588. The summed E-state index contributed by atoms with van der Waals surface area (Å²) in [6.07, 6.45) is 1.93. The van der Waals surface area contributed by atoms with Gasteiger partial charge in [-0.25, -0.2) is 0 Å². The summed E-state index contributed by atoms with van der Waals surface area (Å²) in [5.41, 5.74) is -0.411. The maximum Gasteiger partial charge on any atom is 0.226 e. The van der Waals surface area contributed by atoms with Crippen LogP contribution in [0.1, 0.15) is 38.7 Å². The summed E-state index contributed by atoms with van der Waals surface area (Å²) >= 11 is 0. The molecule has 0 aromatic heterocycles. The maximum absolute atomic E-state index is 12.5. The highest BCUT2D eigenvalue weighted by atomic mass is 16.3. The molecule has 116 valence electrons. The van der Waals surface area contributed by atoms with Gasteiger partial charge in [0, 0.05) is 19.2 Å². The minimum Gasteiger partial charge on any atom is -0.396 e. The van der Waals surface area contributed by atoms with E-state index in [2.05, 4.69) is 0 Å². The Kier molecular flexibility index (Phi) is 5.01. The van der Waals surface area contributed by atoms with E-state index in [9.17, 15) is 15.0 Å². The van der Waals surface area contributed by atoms with Gasteiger partial charge in [-0.1, -0.05) is 30.3 Å². The number of rotatable bonds is 4. The number of hydrogen-bond donors (Lipinski definition) is 2. The topological polar surface area (TPSA) is 60.8 Å². The van der Waals surface area contributed by atoms with Gasteiger partial charge in [-0.3, -0.25) is 4.79 Å². The van der Waals surface area contributed by atoms with Crippen molar-refractivity contribution in [1.29, 1.82) is 0 Å². The molecule has 3 unspecified atom stereocenters. The Labute approximate surface area is 126 Å². The molecule has 1 heterocycles. The Bertz CT molecular complexity index is 472. The third-order valence-electron chi connectivity index (χ3n) is 4.45. The Balaban J connectivity index is 2.06. The molecule has 0 saturated carbocycles. The molecule has 1 aliphatic rings. The van der Waals surface area contributed by atoms with Gasteiger partial charge in [0.05, 0.1) is 12.0 Å². The van der Waals surface area contributed by atoms with Crippen LogP contribution < -0.4 is 0 Å². The fourth-order valence-corrected chi connectivity index (χ4v) is 2.97. The Morgan fingerprint density at radius 3 is 2.62 bits per heavy atom. The second kappa shape index (κ2) is 6.58. The molecule has 0 spiro atoms. The maximum atomic E-state index is 12.5. The van der Waals surface area contributed by atoms with Crippen LogP contribution in [0.4, 0.5) is 0 Å². The van der Waals surface area contributed by atoms with Crippen molar-refractivity contribution >= 4 is 5.91 Å². The van der Waals surface area contributed by atoms with E-state index < -0.39 is 5.60 Å². The zero-order chi connectivity index (χ0) is 15.5. The third-order valence-corrected chi connectivity index (χ3v) is 4.45. The summed E-state index contributed by atoms with van der Waals surface area (Å²) in [4.78, 5) is 14.4. The van der Waals surface area contributed by atoms with Crippen LogP contribution in [0, 0.1) is 5.92 Å². The minimum absolute atomic E-state index is 0.0468. The molecule has 1 aliphatic heterocycles. The minimum atomic E-state index is -1.16. The average Bonchev–Trinajstić information content (AvgIpc) is 2.48. The monoisotopic (exact) mass is 291 g/mol. The predicted octanol–water partition coefficient (Wildman–Crippen LogP) is 1.90. The van der Waals surface area contributed by atoms with Gasteiger partial charge in [0.1, 0.15) is 0 Å². The van der Waals surface area contributed by atoms with Gasteiger partial charge < -0.3 is 15.1 Å². The summed E-state index contributed by atoms with van der Waals surface area (Å²) in [5, 5.41) is 19.9. The summed E-state index contributed by atoms with van der Waals surface area (Å²) < 4.78 is 0. The molecule has 21 heavy (non-hydrogen) atoms. The van der Waals surface area contributed by atoms with Crippen molar-refractivity contribution in [3.8, 4) is 0 Å². The van der Waals surface area contributed by atoms with Crippen LogP contribution in [-0.2, 0) is 10.4 Å². The lowest BCUT2D eigenvalue weighted by Gasteiger charge is -2.39. The molecule has 2 N–H and O–H groups in total. The summed E-state index contributed by atoms with van der Waals surface area (Å²) in [6, 6.07) is 9.46. The van der Waals surface area contributed by atoms with Crippen molar-refractivity contribution in [3.05, 3.63) is 35.9 Å². The number of benzene rings is 1. The molecular weight excluding hydrogens is 266 g/mol. The summed E-state index contributed by atoms with van der Waals surface area (Å²) in [5.74, 6) is 0.112. The highest BCUT2D eigenvalue weighted by Gasteiger charge is 2.33. The van der Waals surface area contributed by atoms with E-state index in [0.29, 0.717) is 6.54 Å². The summed E-state index contributed by atoms with van der Waals surface area (Å²) in [6.45, 7) is 4.41.